The zero-order valence-corrected chi connectivity index (χ0v) is 14.3. The second-order valence-corrected chi connectivity index (χ2v) is 6.77. The topological polar surface area (TPSA) is 61.4 Å². The summed E-state index contributed by atoms with van der Waals surface area (Å²) in [5, 5.41) is 3.27. The molecule has 23 heavy (non-hydrogen) atoms. The highest BCUT2D eigenvalue weighted by Gasteiger charge is 2.22. The molecule has 1 amide bonds. The third-order valence-corrected chi connectivity index (χ3v) is 4.93. The largest absolute Gasteiger partial charge is 0.349 e. The van der Waals surface area contributed by atoms with Crippen molar-refractivity contribution in [2.75, 3.05) is 37.6 Å². The van der Waals surface area contributed by atoms with Crippen LogP contribution in [0.4, 0.5) is 5.95 Å². The van der Waals surface area contributed by atoms with Crippen LogP contribution in [0.1, 0.15) is 43.1 Å². The Labute approximate surface area is 142 Å². The number of hydrogen-bond acceptors (Lipinski definition) is 5. The number of carbonyl (C=O) groups excluding carboxylic acids is 1. The van der Waals surface area contributed by atoms with Crippen LogP contribution in [0.2, 0.25) is 5.02 Å². The summed E-state index contributed by atoms with van der Waals surface area (Å²) in [6.45, 7) is 6.86. The second-order valence-electron chi connectivity index (χ2n) is 6.36. The summed E-state index contributed by atoms with van der Waals surface area (Å²) in [6.07, 6.45) is 6.30. The van der Waals surface area contributed by atoms with E-state index in [-0.39, 0.29) is 11.6 Å². The van der Waals surface area contributed by atoms with E-state index in [1.165, 1.54) is 19.0 Å². The molecule has 0 aromatic carbocycles. The van der Waals surface area contributed by atoms with Gasteiger partial charge in [-0.2, -0.15) is 0 Å². The zero-order valence-electron chi connectivity index (χ0n) is 13.6. The molecule has 1 aromatic heterocycles. The third-order valence-electron chi connectivity index (χ3n) is 4.66. The van der Waals surface area contributed by atoms with Crippen molar-refractivity contribution in [3.8, 4) is 0 Å². The molecule has 2 aliphatic heterocycles. The highest BCUT2D eigenvalue weighted by molar-refractivity contribution is 6.33. The highest BCUT2D eigenvalue weighted by Crippen LogP contribution is 2.20. The van der Waals surface area contributed by atoms with Gasteiger partial charge in [0.05, 0.1) is 11.2 Å². The lowest BCUT2D eigenvalue weighted by Crippen LogP contribution is -2.41. The lowest BCUT2D eigenvalue weighted by Gasteiger charge is -2.24. The Bertz CT molecular complexity index is 555. The molecule has 0 aliphatic carbocycles. The highest BCUT2D eigenvalue weighted by atomic mass is 35.5. The van der Waals surface area contributed by atoms with E-state index in [4.69, 9.17) is 11.6 Å². The number of rotatable bonds is 5. The molecule has 1 atom stereocenters. The van der Waals surface area contributed by atoms with E-state index in [1.54, 1.807) is 0 Å². The Morgan fingerprint density at radius 2 is 1.91 bits per heavy atom. The maximum atomic E-state index is 12.4. The summed E-state index contributed by atoms with van der Waals surface area (Å²) < 4.78 is 0. The lowest BCUT2D eigenvalue weighted by molar-refractivity contribution is 0.0935. The second kappa shape index (κ2) is 7.45. The average Bonchev–Trinajstić information content (AvgIpc) is 3.25. The van der Waals surface area contributed by atoms with Crippen molar-refractivity contribution in [2.45, 2.75) is 38.6 Å². The summed E-state index contributed by atoms with van der Waals surface area (Å²) in [4.78, 5) is 25.6. The zero-order chi connectivity index (χ0) is 16.2. The summed E-state index contributed by atoms with van der Waals surface area (Å²) in [7, 11) is 0. The molecular weight excluding hydrogens is 314 g/mol. The van der Waals surface area contributed by atoms with Gasteiger partial charge in [0.25, 0.3) is 5.91 Å². The molecule has 6 nitrogen and oxygen atoms in total. The number of likely N-dealkylation sites (tertiary alicyclic amines) is 1. The summed E-state index contributed by atoms with van der Waals surface area (Å²) in [6, 6.07) is 0.333. The fourth-order valence-electron chi connectivity index (χ4n) is 3.22. The molecule has 7 heteroatoms. The Morgan fingerprint density at radius 1 is 1.26 bits per heavy atom. The molecule has 2 saturated heterocycles. The molecule has 0 bridgehead atoms. The number of carbonyl (C=O) groups is 1. The fourth-order valence-corrected chi connectivity index (χ4v) is 3.40. The van der Waals surface area contributed by atoms with Gasteiger partial charge >= 0.3 is 0 Å². The van der Waals surface area contributed by atoms with E-state index in [0.717, 1.165) is 39.0 Å². The molecule has 2 fully saturated rings. The first kappa shape index (κ1) is 16.5. The summed E-state index contributed by atoms with van der Waals surface area (Å²) in [5.41, 5.74) is 0.275. The monoisotopic (exact) mass is 337 g/mol. The van der Waals surface area contributed by atoms with Crippen LogP contribution in [-0.2, 0) is 0 Å². The molecule has 0 radical (unpaired) electrons. The molecule has 0 saturated carbocycles. The van der Waals surface area contributed by atoms with Crippen LogP contribution in [0.15, 0.2) is 6.20 Å². The minimum absolute atomic E-state index is 0.219. The first-order valence-electron chi connectivity index (χ1n) is 8.45. The maximum absolute atomic E-state index is 12.4. The molecule has 3 rings (SSSR count). The lowest BCUT2D eigenvalue weighted by atomic mass is 10.3. The van der Waals surface area contributed by atoms with E-state index in [1.807, 2.05) is 0 Å². The molecule has 0 spiro atoms. The van der Waals surface area contributed by atoms with Crippen LogP contribution in [-0.4, -0.2) is 59.5 Å². The van der Waals surface area contributed by atoms with Crippen LogP contribution in [0.25, 0.3) is 0 Å². The molecule has 1 N–H and O–H groups in total. The predicted molar refractivity (Wildman–Crippen MR) is 91.1 cm³/mol. The Morgan fingerprint density at radius 3 is 2.61 bits per heavy atom. The summed E-state index contributed by atoms with van der Waals surface area (Å²) in [5.74, 6) is 0.383. The van der Waals surface area contributed by atoms with Gasteiger partial charge in [-0.05, 0) is 45.7 Å². The van der Waals surface area contributed by atoms with Crippen molar-refractivity contribution in [3.05, 3.63) is 16.9 Å². The molecule has 3 heterocycles. The first-order chi connectivity index (χ1) is 11.1. The van der Waals surface area contributed by atoms with Gasteiger partial charge in [0.15, 0.2) is 5.69 Å². The van der Waals surface area contributed by atoms with E-state index >= 15 is 0 Å². The van der Waals surface area contributed by atoms with Crippen LogP contribution >= 0.6 is 11.6 Å². The van der Waals surface area contributed by atoms with Gasteiger partial charge in [0, 0.05) is 25.7 Å². The van der Waals surface area contributed by atoms with Crippen LogP contribution in [0, 0.1) is 0 Å². The SMILES string of the molecule is C[C@@H](CNC(=O)c1nc(N2CCCC2)ncc1Cl)N1CCCC1. The normalized spacial score (nSPS) is 20.0. The van der Waals surface area contributed by atoms with Crippen molar-refractivity contribution >= 4 is 23.5 Å². The van der Waals surface area contributed by atoms with Crippen molar-refractivity contribution in [2.24, 2.45) is 0 Å². The minimum atomic E-state index is -0.219. The Kier molecular flexibility index (Phi) is 5.33. The molecule has 1 aromatic rings. The number of amides is 1. The van der Waals surface area contributed by atoms with Crippen molar-refractivity contribution in [3.63, 3.8) is 0 Å². The standard InChI is InChI=1S/C16H24ClN5O/c1-12(21-6-2-3-7-21)10-18-15(23)14-13(17)11-19-16(20-14)22-8-4-5-9-22/h11-12H,2-10H2,1H3,(H,18,23)/t12-/m0/s1. The van der Waals surface area contributed by atoms with E-state index < -0.39 is 0 Å². The van der Waals surface area contributed by atoms with Gasteiger partial charge in [0.1, 0.15) is 0 Å². The van der Waals surface area contributed by atoms with Crippen molar-refractivity contribution in [1.29, 1.82) is 0 Å². The fraction of sp³-hybridized carbons (Fsp3) is 0.688. The van der Waals surface area contributed by atoms with Crippen molar-refractivity contribution in [1.82, 2.24) is 20.2 Å². The molecular formula is C16H24ClN5O. The smallest absolute Gasteiger partial charge is 0.271 e. The number of anilines is 1. The molecule has 2 aliphatic rings. The van der Waals surface area contributed by atoms with Gasteiger partial charge in [-0.1, -0.05) is 11.6 Å². The Hall–Kier alpha value is -1.40. The van der Waals surface area contributed by atoms with Crippen LogP contribution in [0.3, 0.4) is 0 Å². The number of nitrogens with zero attached hydrogens (tertiary/aromatic N) is 4. The number of nitrogens with one attached hydrogen (secondary N) is 1. The number of halogens is 1. The van der Waals surface area contributed by atoms with Gasteiger partial charge < -0.3 is 10.2 Å². The maximum Gasteiger partial charge on any atom is 0.271 e. The quantitative estimate of drug-likeness (QED) is 0.889. The van der Waals surface area contributed by atoms with Gasteiger partial charge in [-0.25, -0.2) is 9.97 Å². The van der Waals surface area contributed by atoms with Gasteiger partial charge in [-0.15, -0.1) is 0 Å². The van der Waals surface area contributed by atoms with E-state index in [2.05, 4.69) is 32.0 Å². The minimum Gasteiger partial charge on any atom is -0.349 e. The Balaban J connectivity index is 1.62. The van der Waals surface area contributed by atoms with E-state index in [0.29, 0.717) is 23.6 Å². The van der Waals surface area contributed by atoms with Crippen LogP contribution in [0.5, 0.6) is 0 Å². The molecule has 0 unspecified atom stereocenters. The third kappa shape index (κ3) is 3.93. The van der Waals surface area contributed by atoms with Crippen molar-refractivity contribution < 1.29 is 4.79 Å². The predicted octanol–water partition coefficient (Wildman–Crippen LogP) is 1.94. The average molecular weight is 338 g/mol. The van der Waals surface area contributed by atoms with E-state index in [9.17, 15) is 4.79 Å². The molecule has 126 valence electrons. The first-order valence-corrected chi connectivity index (χ1v) is 8.82. The number of aromatic nitrogens is 2. The number of hydrogen-bond donors (Lipinski definition) is 1. The van der Waals surface area contributed by atoms with Gasteiger partial charge in [-0.3, -0.25) is 9.69 Å². The summed E-state index contributed by atoms with van der Waals surface area (Å²) >= 11 is 6.13. The van der Waals surface area contributed by atoms with Crippen LogP contribution < -0.4 is 10.2 Å². The van der Waals surface area contributed by atoms with Gasteiger partial charge in [0.2, 0.25) is 5.95 Å².